The Morgan fingerprint density at radius 1 is 0.600 bits per heavy atom. The molecule has 0 spiro atoms. The van der Waals surface area contributed by atoms with E-state index < -0.39 is 0 Å². The monoisotopic (exact) mass is 281 g/mol. The van der Waals surface area contributed by atoms with E-state index in [0.717, 1.165) is 24.2 Å². The van der Waals surface area contributed by atoms with Gasteiger partial charge in [0.2, 0.25) is 0 Å². The van der Waals surface area contributed by atoms with Crippen LogP contribution in [0.25, 0.3) is 0 Å². The molecule has 3 atom stereocenters. The van der Waals surface area contributed by atoms with Crippen LogP contribution >= 0.6 is 0 Å². The lowest BCUT2D eigenvalue weighted by molar-refractivity contribution is 0.378. The molecule has 0 bridgehead atoms. The summed E-state index contributed by atoms with van der Waals surface area (Å²) in [6.07, 6.45) is 16.7. The van der Waals surface area contributed by atoms with E-state index in [2.05, 4.69) is 34.6 Å². The average molecular weight is 282 g/mol. The summed E-state index contributed by atoms with van der Waals surface area (Å²) in [7, 11) is 0. The van der Waals surface area contributed by atoms with Crippen molar-refractivity contribution in [1.82, 2.24) is 0 Å². The molecule has 0 N–H and O–H groups in total. The quantitative estimate of drug-likeness (QED) is 0.290. The largest absolute Gasteiger partial charge is 0.0654 e. The first kappa shape index (κ1) is 20.0. The summed E-state index contributed by atoms with van der Waals surface area (Å²) in [4.78, 5) is 0. The van der Waals surface area contributed by atoms with Crippen molar-refractivity contribution in [2.24, 2.45) is 17.8 Å². The Bertz CT molecular complexity index is 184. The lowest BCUT2D eigenvalue weighted by Gasteiger charge is -2.15. The molecule has 0 aliphatic carbocycles. The molecule has 1 radical (unpaired) electrons. The van der Waals surface area contributed by atoms with E-state index in [-0.39, 0.29) is 0 Å². The Hall–Kier alpha value is 0. The summed E-state index contributed by atoms with van der Waals surface area (Å²) in [6.45, 7) is 13.5. The third-order valence-corrected chi connectivity index (χ3v) is 4.77. The molecule has 0 aromatic rings. The molecule has 0 aliphatic heterocycles. The minimum Gasteiger partial charge on any atom is -0.0654 e. The molecule has 0 saturated carbocycles. The molecule has 0 rings (SSSR count). The van der Waals surface area contributed by atoms with E-state index in [9.17, 15) is 0 Å². The van der Waals surface area contributed by atoms with E-state index >= 15 is 0 Å². The molecular formula is C20H41. The van der Waals surface area contributed by atoms with Crippen molar-refractivity contribution in [2.45, 2.75) is 105 Å². The van der Waals surface area contributed by atoms with Gasteiger partial charge in [-0.15, -0.1) is 0 Å². The zero-order valence-electron chi connectivity index (χ0n) is 14.9. The van der Waals surface area contributed by atoms with Gasteiger partial charge in [-0.25, -0.2) is 0 Å². The van der Waals surface area contributed by atoms with Crippen molar-refractivity contribution in [2.75, 3.05) is 0 Å². The van der Waals surface area contributed by atoms with Crippen LogP contribution in [0, 0.1) is 24.7 Å². The van der Waals surface area contributed by atoms with E-state index in [0.29, 0.717) is 0 Å². The minimum atomic E-state index is 0.929. The standard InChI is InChI=1S/C20H41/c1-6-8-9-13-19(4)15-11-17-20(5)16-10-14-18(3)12-7-2/h18-20H,1,6-17H2,2-5H3. The Kier molecular flexibility index (Phi) is 14.0. The maximum atomic E-state index is 3.92. The van der Waals surface area contributed by atoms with Gasteiger partial charge in [0.25, 0.3) is 0 Å². The predicted molar refractivity (Wildman–Crippen MR) is 93.9 cm³/mol. The molecule has 0 saturated heterocycles. The minimum absolute atomic E-state index is 0.929. The zero-order chi connectivity index (χ0) is 15.2. The third kappa shape index (κ3) is 13.0. The fourth-order valence-corrected chi connectivity index (χ4v) is 3.22. The molecule has 0 nitrogen and oxygen atoms in total. The molecule has 0 aromatic carbocycles. The third-order valence-electron chi connectivity index (χ3n) is 4.77. The molecule has 0 heterocycles. The van der Waals surface area contributed by atoms with E-state index in [1.54, 1.807) is 0 Å². The number of hydrogen-bond acceptors (Lipinski definition) is 0. The van der Waals surface area contributed by atoms with Crippen molar-refractivity contribution in [3.63, 3.8) is 0 Å². The molecular weight excluding hydrogens is 240 g/mol. The molecule has 121 valence electrons. The van der Waals surface area contributed by atoms with Crippen LogP contribution in [0.15, 0.2) is 0 Å². The summed E-state index contributed by atoms with van der Waals surface area (Å²) in [5.41, 5.74) is 0. The fourth-order valence-electron chi connectivity index (χ4n) is 3.22. The van der Waals surface area contributed by atoms with Crippen LogP contribution in [0.1, 0.15) is 105 Å². The van der Waals surface area contributed by atoms with Gasteiger partial charge in [-0.3, -0.25) is 0 Å². The highest BCUT2D eigenvalue weighted by atomic mass is 14.1. The van der Waals surface area contributed by atoms with Gasteiger partial charge < -0.3 is 0 Å². The van der Waals surface area contributed by atoms with E-state index in [1.807, 2.05) is 0 Å². The molecule has 0 fully saturated rings. The summed E-state index contributed by atoms with van der Waals surface area (Å²) in [6, 6.07) is 0. The maximum Gasteiger partial charge on any atom is -0.0443 e. The van der Waals surface area contributed by atoms with Crippen molar-refractivity contribution < 1.29 is 0 Å². The fraction of sp³-hybridized carbons (Fsp3) is 0.950. The van der Waals surface area contributed by atoms with Gasteiger partial charge in [0.1, 0.15) is 0 Å². The Morgan fingerprint density at radius 3 is 1.40 bits per heavy atom. The Labute approximate surface area is 130 Å². The number of hydrogen-bond donors (Lipinski definition) is 0. The number of unbranched alkanes of at least 4 members (excludes halogenated alkanes) is 2. The highest BCUT2D eigenvalue weighted by molar-refractivity contribution is 4.60. The smallest absolute Gasteiger partial charge is 0.0443 e. The van der Waals surface area contributed by atoms with Gasteiger partial charge in [0.15, 0.2) is 0 Å². The van der Waals surface area contributed by atoms with Crippen molar-refractivity contribution in [3.05, 3.63) is 6.92 Å². The normalized spacial score (nSPS) is 16.1. The Morgan fingerprint density at radius 2 is 1.00 bits per heavy atom. The van der Waals surface area contributed by atoms with E-state index in [1.165, 1.54) is 70.6 Å². The molecule has 0 amide bonds. The highest BCUT2D eigenvalue weighted by Crippen LogP contribution is 2.22. The van der Waals surface area contributed by atoms with Crippen molar-refractivity contribution in [1.29, 1.82) is 0 Å². The zero-order valence-corrected chi connectivity index (χ0v) is 14.9. The van der Waals surface area contributed by atoms with Crippen molar-refractivity contribution in [3.8, 4) is 0 Å². The topological polar surface area (TPSA) is 0 Å². The summed E-state index contributed by atoms with van der Waals surface area (Å²) >= 11 is 0. The first-order valence-corrected chi connectivity index (χ1v) is 9.39. The second-order valence-corrected chi connectivity index (χ2v) is 7.32. The van der Waals surface area contributed by atoms with Gasteiger partial charge in [-0.1, -0.05) is 112 Å². The lowest BCUT2D eigenvalue weighted by Crippen LogP contribution is -2.01. The average Bonchev–Trinajstić information content (AvgIpc) is 2.39. The summed E-state index contributed by atoms with van der Waals surface area (Å²) in [5.74, 6) is 2.81. The van der Waals surface area contributed by atoms with Crippen LogP contribution in [-0.2, 0) is 0 Å². The van der Waals surface area contributed by atoms with Gasteiger partial charge in [-0.05, 0) is 17.8 Å². The second-order valence-electron chi connectivity index (χ2n) is 7.32. The lowest BCUT2D eigenvalue weighted by atomic mass is 9.91. The SMILES string of the molecule is [CH2]CCCCC(C)CCCC(C)CCCC(C)CCC. The van der Waals surface area contributed by atoms with Gasteiger partial charge in [0.05, 0.1) is 0 Å². The molecule has 20 heavy (non-hydrogen) atoms. The van der Waals surface area contributed by atoms with E-state index in [4.69, 9.17) is 0 Å². The maximum absolute atomic E-state index is 3.92. The van der Waals surface area contributed by atoms with Crippen molar-refractivity contribution >= 4 is 0 Å². The molecule has 0 aliphatic rings. The van der Waals surface area contributed by atoms with Gasteiger partial charge >= 0.3 is 0 Å². The first-order chi connectivity index (χ1) is 9.60. The van der Waals surface area contributed by atoms with Gasteiger partial charge in [-0.2, -0.15) is 0 Å². The van der Waals surface area contributed by atoms with Crippen LogP contribution < -0.4 is 0 Å². The second kappa shape index (κ2) is 14.0. The Balaban J connectivity index is 3.41. The van der Waals surface area contributed by atoms with Crippen LogP contribution in [-0.4, -0.2) is 0 Å². The van der Waals surface area contributed by atoms with Crippen LogP contribution in [0.3, 0.4) is 0 Å². The van der Waals surface area contributed by atoms with Gasteiger partial charge in [0, 0.05) is 0 Å². The first-order valence-electron chi connectivity index (χ1n) is 9.39. The molecule has 0 heteroatoms. The number of rotatable bonds is 14. The van der Waals surface area contributed by atoms with Crippen LogP contribution in [0.4, 0.5) is 0 Å². The molecule has 0 aromatic heterocycles. The summed E-state index contributed by atoms with van der Waals surface area (Å²) < 4.78 is 0. The van der Waals surface area contributed by atoms with Crippen LogP contribution in [0.2, 0.25) is 0 Å². The van der Waals surface area contributed by atoms with Crippen LogP contribution in [0.5, 0.6) is 0 Å². The highest BCUT2D eigenvalue weighted by Gasteiger charge is 2.07. The predicted octanol–water partition coefficient (Wildman–Crippen LogP) is 7.43. The summed E-state index contributed by atoms with van der Waals surface area (Å²) in [5, 5.41) is 0. The molecule has 3 unspecified atom stereocenters.